The average Bonchev–Trinajstić information content (AvgIpc) is 4.06. The fourth-order valence-corrected chi connectivity index (χ4v) is 11.2. The van der Waals surface area contributed by atoms with Gasteiger partial charge in [0, 0.05) is 49.4 Å². The first-order valence-electron chi connectivity index (χ1n) is 23.8. The maximum Gasteiger partial charge on any atom is 0.0542 e. The van der Waals surface area contributed by atoms with E-state index < -0.39 is 0 Å². The number of rotatable bonds is 7. The molecule has 3 heteroatoms. The van der Waals surface area contributed by atoms with Gasteiger partial charge in [0.05, 0.1) is 33.1 Å². The van der Waals surface area contributed by atoms with E-state index in [1.807, 2.05) is 0 Å². The van der Waals surface area contributed by atoms with Crippen LogP contribution >= 0.6 is 0 Å². The molecule has 322 valence electrons. The van der Waals surface area contributed by atoms with Gasteiger partial charge in [0.2, 0.25) is 0 Å². The van der Waals surface area contributed by atoms with Crippen LogP contribution in [0.5, 0.6) is 0 Å². The molecule has 14 rings (SSSR count). The lowest BCUT2D eigenvalue weighted by molar-refractivity contribution is 1.16. The lowest BCUT2D eigenvalue weighted by Crippen LogP contribution is -1.96. The van der Waals surface area contributed by atoms with E-state index in [1.54, 1.807) is 0 Å². The molecule has 0 saturated carbocycles. The number of aromatic nitrogens is 3. The van der Waals surface area contributed by atoms with Crippen molar-refractivity contribution < 1.29 is 0 Å². The highest BCUT2D eigenvalue weighted by atomic mass is 15.0. The third-order valence-electron chi connectivity index (χ3n) is 14.3. The van der Waals surface area contributed by atoms with Crippen LogP contribution in [0.2, 0.25) is 0 Å². The molecule has 3 heterocycles. The molecule has 0 unspecified atom stereocenters. The van der Waals surface area contributed by atoms with Gasteiger partial charge in [0.15, 0.2) is 0 Å². The Morgan fingerprint density at radius 1 is 0.174 bits per heavy atom. The zero-order chi connectivity index (χ0) is 45.4. The van der Waals surface area contributed by atoms with Crippen LogP contribution in [0.4, 0.5) is 0 Å². The van der Waals surface area contributed by atoms with Crippen LogP contribution in [0.3, 0.4) is 0 Å². The predicted molar refractivity (Wildman–Crippen MR) is 291 cm³/mol. The molecule has 0 saturated heterocycles. The van der Waals surface area contributed by atoms with Crippen LogP contribution in [-0.4, -0.2) is 13.7 Å². The van der Waals surface area contributed by atoms with Crippen molar-refractivity contribution in [2.24, 2.45) is 0 Å². The first kappa shape index (κ1) is 39.0. The zero-order valence-corrected chi connectivity index (χ0v) is 37.7. The molecule has 0 spiro atoms. The molecular weight excluding hydrogens is 835 g/mol. The normalized spacial score (nSPS) is 11.8. The van der Waals surface area contributed by atoms with Crippen molar-refractivity contribution in [2.45, 2.75) is 0 Å². The molecule has 69 heavy (non-hydrogen) atoms. The minimum Gasteiger partial charge on any atom is -0.309 e. The molecule has 0 aliphatic heterocycles. The van der Waals surface area contributed by atoms with Crippen LogP contribution in [0.15, 0.2) is 261 Å². The molecular formula is C66H43N3. The number of fused-ring (bicyclic) bond motifs is 9. The maximum atomic E-state index is 2.45. The van der Waals surface area contributed by atoms with Gasteiger partial charge in [-0.15, -0.1) is 0 Å². The van der Waals surface area contributed by atoms with Gasteiger partial charge in [0.1, 0.15) is 0 Å². The fourth-order valence-electron chi connectivity index (χ4n) is 11.2. The number of nitrogens with zero attached hydrogens (tertiary/aromatic N) is 3. The van der Waals surface area contributed by atoms with E-state index in [0.29, 0.717) is 0 Å². The van der Waals surface area contributed by atoms with Crippen molar-refractivity contribution in [1.29, 1.82) is 0 Å². The summed E-state index contributed by atoms with van der Waals surface area (Å²) in [5, 5.41) is 7.34. The average molecular weight is 878 g/mol. The number of benzene rings is 11. The number of hydrogen-bond donors (Lipinski definition) is 0. The summed E-state index contributed by atoms with van der Waals surface area (Å²) >= 11 is 0. The first-order valence-corrected chi connectivity index (χ1v) is 23.8. The predicted octanol–water partition coefficient (Wildman–Crippen LogP) is 17.6. The summed E-state index contributed by atoms with van der Waals surface area (Å²) in [6.07, 6.45) is 0. The molecule has 0 amide bonds. The van der Waals surface area contributed by atoms with Crippen LogP contribution < -0.4 is 0 Å². The number of hydrogen-bond acceptors (Lipinski definition) is 0. The van der Waals surface area contributed by atoms with E-state index in [4.69, 9.17) is 0 Å². The number of para-hydroxylation sites is 3. The van der Waals surface area contributed by atoms with Crippen LogP contribution in [0.25, 0.3) is 127 Å². The van der Waals surface area contributed by atoms with Gasteiger partial charge < -0.3 is 13.7 Å². The van der Waals surface area contributed by atoms with Crippen molar-refractivity contribution in [3.8, 4) is 61.6 Å². The molecule has 0 aliphatic rings. The zero-order valence-electron chi connectivity index (χ0n) is 37.7. The topological polar surface area (TPSA) is 14.8 Å². The minimum absolute atomic E-state index is 1.13. The Balaban J connectivity index is 0.962. The summed E-state index contributed by atoms with van der Waals surface area (Å²) in [5.74, 6) is 0. The monoisotopic (exact) mass is 877 g/mol. The van der Waals surface area contributed by atoms with Crippen molar-refractivity contribution in [2.75, 3.05) is 0 Å². The van der Waals surface area contributed by atoms with Crippen molar-refractivity contribution >= 4 is 65.4 Å². The molecule has 0 N–H and O–H groups in total. The van der Waals surface area contributed by atoms with Crippen LogP contribution in [0, 0.1) is 0 Å². The summed E-state index contributed by atoms with van der Waals surface area (Å²) in [6, 6.07) is 95.4. The lowest BCUT2D eigenvalue weighted by Gasteiger charge is -2.12. The van der Waals surface area contributed by atoms with Gasteiger partial charge in [-0.3, -0.25) is 0 Å². The Morgan fingerprint density at radius 2 is 0.478 bits per heavy atom. The van der Waals surface area contributed by atoms with E-state index in [9.17, 15) is 0 Å². The smallest absolute Gasteiger partial charge is 0.0542 e. The van der Waals surface area contributed by atoms with Gasteiger partial charge in [-0.1, -0.05) is 176 Å². The van der Waals surface area contributed by atoms with E-state index in [1.165, 1.54) is 110 Å². The van der Waals surface area contributed by atoms with E-state index in [-0.39, 0.29) is 0 Å². The third-order valence-corrected chi connectivity index (χ3v) is 14.3. The molecule has 3 nitrogen and oxygen atoms in total. The summed E-state index contributed by atoms with van der Waals surface area (Å²) in [7, 11) is 0. The van der Waals surface area contributed by atoms with Crippen LogP contribution in [0.1, 0.15) is 0 Å². The van der Waals surface area contributed by atoms with Crippen molar-refractivity contribution in [3.63, 3.8) is 0 Å². The van der Waals surface area contributed by atoms with Gasteiger partial charge in [-0.25, -0.2) is 0 Å². The highest BCUT2D eigenvalue weighted by Crippen LogP contribution is 2.42. The van der Waals surface area contributed by atoms with E-state index in [2.05, 4.69) is 275 Å². The highest BCUT2D eigenvalue weighted by Gasteiger charge is 2.20. The fraction of sp³-hybridized carbons (Fsp3) is 0. The summed E-state index contributed by atoms with van der Waals surface area (Å²) in [6.45, 7) is 0. The summed E-state index contributed by atoms with van der Waals surface area (Å²) < 4.78 is 7.32. The van der Waals surface area contributed by atoms with E-state index >= 15 is 0 Å². The molecule has 0 atom stereocenters. The second kappa shape index (κ2) is 15.7. The standard InChI is InChI=1S/C66H43N3/c1-4-18-44(19-5-1)51-24-10-12-26-53(51)46-32-36-63-57(40-46)55-28-14-16-30-61(55)68(63)49-34-38-65-59(42-49)60-43-50(35-39-66(60)67(65)48-22-8-3-9-23-48)69-62-31-17-15-29-56(62)58-41-47(33-37-64(58)69)54-27-13-11-25-52(54)45-20-6-2-7-21-45/h1-43H. The summed E-state index contributed by atoms with van der Waals surface area (Å²) in [4.78, 5) is 0. The second-order valence-electron chi connectivity index (χ2n) is 18.1. The largest absolute Gasteiger partial charge is 0.309 e. The highest BCUT2D eigenvalue weighted by molar-refractivity contribution is 6.15. The van der Waals surface area contributed by atoms with Gasteiger partial charge in [0.25, 0.3) is 0 Å². The van der Waals surface area contributed by atoms with Crippen LogP contribution in [-0.2, 0) is 0 Å². The molecule has 0 fully saturated rings. The molecule has 11 aromatic carbocycles. The van der Waals surface area contributed by atoms with Crippen molar-refractivity contribution in [3.05, 3.63) is 261 Å². The molecule has 0 bridgehead atoms. The second-order valence-corrected chi connectivity index (χ2v) is 18.1. The Hall–Kier alpha value is -9.18. The summed E-state index contributed by atoms with van der Waals surface area (Å²) in [5.41, 5.74) is 20.2. The van der Waals surface area contributed by atoms with Gasteiger partial charge in [-0.2, -0.15) is 0 Å². The Morgan fingerprint density at radius 3 is 0.913 bits per heavy atom. The van der Waals surface area contributed by atoms with Crippen molar-refractivity contribution in [1.82, 2.24) is 13.7 Å². The first-order chi connectivity index (χ1) is 34.2. The third kappa shape index (κ3) is 6.21. The SMILES string of the molecule is c1ccc(-c2ccccc2-c2ccc3c(c2)c2ccccc2n3-c2ccc3c(c2)c2cc(-n4c5ccccc5c5cc(-c6ccccc6-c6ccccc6)ccc54)ccc2n3-c2ccccc2)cc1. The molecule has 14 aromatic rings. The minimum atomic E-state index is 1.13. The Bertz CT molecular complexity index is 4030. The van der Waals surface area contributed by atoms with E-state index in [0.717, 1.165) is 17.1 Å². The Kier molecular flexibility index (Phi) is 8.90. The molecule has 0 radical (unpaired) electrons. The Labute approximate surface area is 399 Å². The molecule has 0 aliphatic carbocycles. The van der Waals surface area contributed by atoms with Gasteiger partial charge >= 0.3 is 0 Å². The quantitative estimate of drug-likeness (QED) is 0.152. The molecule has 3 aromatic heterocycles. The van der Waals surface area contributed by atoms with Gasteiger partial charge in [-0.05, 0) is 129 Å². The maximum absolute atomic E-state index is 2.45. The lowest BCUT2D eigenvalue weighted by atomic mass is 9.94.